The van der Waals surface area contributed by atoms with E-state index in [1.54, 1.807) is 0 Å². The van der Waals surface area contributed by atoms with Gasteiger partial charge in [-0.3, -0.25) is 9.79 Å². The van der Waals surface area contributed by atoms with Gasteiger partial charge in [-0.25, -0.2) is 0 Å². The van der Waals surface area contributed by atoms with Gasteiger partial charge in [-0.05, 0) is 32.6 Å². The summed E-state index contributed by atoms with van der Waals surface area (Å²) in [7, 11) is 1.83. The number of nitrogens with zero attached hydrogens (tertiary/aromatic N) is 2. The zero-order chi connectivity index (χ0) is 18.0. The van der Waals surface area contributed by atoms with Crippen molar-refractivity contribution >= 4 is 11.9 Å². The molecule has 25 heavy (non-hydrogen) atoms. The van der Waals surface area contributed by atoms with Crippen LogP contribution in [0.3, 0.4) is 0 Å². The van der Waals surface area contributed by atoms with Gasteiger partial charge in [-0.2, -0.15) is 0 Å². The van der Waals surface area contributed by atoms with Crippen molar-refractivity contribution in [3.63, 3.8) is 0 Å². The third-order valence-electron chi connectivity index (χ3n) is 6.17. The van der Waals surface area contributed by atoms with Crippen molar-refractivity contribution in [2.45, 2.75) is 58.6 Å². The Balaban J connectivity index is 1.63. The number of esters is 1. The van der Waals surface area contributed by atoms with Crippen LogP contribution in [-0.2, 0) is 14.3 Å². The molecule has 1 N–H and O–H groups in total. The van der Waals surface area contributed by atoms with Crippen LogP contribution in [0, 0.1) is 17.3 Å². The zero-order valence-corrected chi connectivity index (χ0v) is 16.1. The van der Waals surface area contributed by atoms with Gasteiger partial charge in [0.2, 0.25) is 0 Å². The van der Waals surface area contributed by atoms with E-state index in [9.17, 15) is 4.79 Å². The Hall–Kier alpha value is -1.30. The predicted molar refractivity (Wildman–Crippen MR) is 97.5 cm³/mol. The summed E-state index contributed by atoms with van der Waals surface area (Å²) < 4.78 is 11.2. The summed E-state index contributed by atoms with van der Waals surface area (Å²) in [5, 5.41) is 3.70. The van der Waals surface area contributed by atoms with Crippen molar-refractivity contribution in [1.29, 1.82) is 0 Å². The highest BCUT2D eigenvalue weighted by molar-refractivity contribution is 5.82. The Morgan fingerprint density at radius 3 is 2.88 bits per heavy atom. The van der Waals surface area contributed by atoms with Crippen LogP contribution >= 0.6 is 0 Å². The van der Waals surface area contributed by atoms with Crippen LogP contribution in [0.25, 0.3) is 0 Å². The van der Waals surface area contributed by atoms with Gasteiger partial charge in [-0.15, -0.1) is 0 Å². The van der Waals surface area contributed by atoms with Crippen molar-refractivity contribution < 1.29 is 14.3 Å². The van der Waals surface area contributed by atoms with Gasteiger partial charge in [0, 0.05) is 44.1 Å². The molecule has 0 aromatic carbocycles. The molecule has 4 atom stereocenters. The molecule has 3 aliphatic rings. The lowest BCUT2D eigenvalue weighted by atomic mass is 9.55. The molecule has 0 spiro atoms. The molecule has 2 saturated heterocycles. The Kier molecular flexibility index (Phi) is 5.56. The number of ether oxygens (including phenoxy) is 2. The maximum Gasteiger partial charge on any atom is 0.310 e. The highest BCUT2D eigenvalue weighted by atomic mass is 16.5. The third kappa shape index (κ3) is 3.50. The van der Waals surface area contributed by atoms with Gasteiger partial charge in [0.1, 0.15) is 0 Å². The lowest BCUT2D eigenvalue weighted by molar-refractivity contribution is -0.188. The summed E-state index contributed by atoms with van der Waals surface area (Å²) in [6.07, 6.45) is 4.61. The van der Waals surface area contributed by atoms with Crippen LogP contribution in [0.5, 0.6) is 0 Å². The molecule has 0 aromatic heterocycles. The second-order valence-corrected chi connectivity index (χ2v) is 8.13. The Morgan fingerprint density at radius 1 is 1.36 bits per heavy atom. The molecular formula is C19H33N3O3. The molecule has 3 fully saturated rings. The molecule has 0 aromatic rings. The minimum absolute atomic E-state index is 0.0487. The summed E-state index contributed by atoms with van der Waals surface area (Å²) in [5.41, 5.74) is 0.108. The number of hydrogen-bond acceptors (Lipinski definition) is 4. The van der Waals surface area contributed by atoms with Crippen LogP contribution in [0.4, 0.5) is 0 Å². The molecule has 6 nitrogen and oxygen atoms in total. The molecule has 1 saturated carbocycles. The third-order valence-corrected chi connectivity index (χ3v) is 6.17. The largest absolute Gasteiger partial charge is 0.466 e. The number of hydrogen-bond donors (Lipinski definition) is 1. The molecular weight excluding hydrogens is 318 g/mol. The first-order valence-electron chi connectivity index (χ1n) is 9.75. The van der Waals surface area contributed by atoms with Gasteiger partial charge in [0.05, 0.1) is 18.6 Å². The van der Waals surface area contributed by atoms with Crippen molar-refractivity contribution in [2.75, 3.05) is 33.4 Å². The lowest BCUT2D eigenvalue weighted by Crippen LogP contribution is -2.71. The first-order valence-corrected chi connectivity index (χ1v) is 9.75. The van der Waals surface area contributed by atoms with Gasteiger partial charge >= 0.3 is 5.97 Å². The van der Waals surface area contributed by atoms with E-state index in [0.29, 0.717) is 31.2 Å². The lowest BCUT2D eigenvalue weighted by Gasteiger charge is -2.60. The van der Waals surface area contributed by atoms with Gasteiger partial charge in [-0.1, -0.05) is 13.8 Å². The number of likely N-dealkylation sites (tertiary alicyclic amines) is 1. The van der Waals surface area contributed by atoms with E-state index in [-0.39, 0.29) is 17.3 Å². The Bertz CT molecular complexity index is 520. The number of aliphatic imine (C=N–C) groups is 1. The average molecular weight is 351 g/mol. The summed E-state index contributed by atoms with van der Waals surface area (Å²) in [6.45, 7) is 9.38. The molecule has 6 heteroatoms. The molecule has 2 heterocycles. The normalized spacial score (nSPS) is 34.7. The zero-order valence-electron chi connectivity index (χ0n) is 16.1. The molecule has 2 aliphatic heterocycles. The van der Waals surface area contributed by atoms with Crippen LogP contribution in [0.1, 0.15) is 46.5 Å². The van der Waals surface area contributed by atoms with Crippen molar-refractivity contribution in [2.24, 2.45) is 22.2 Å². The molecule has 3 rings (SSSR count). The van der Waals surface area contributed by atoms with E-state index < -0.39 is 0 Å². The van der Waals surface area contributed by atoms with Crippen molar-refractivity contribution in [1.82, 2.24) is 10.2 Å². The minimum Gasteiger partial charge on any atom is -0.466 e. The highest BCUT2D eigenvalue weighted by Gasteiger charge is 2.58. The fourth-order valence-corrected chi connectivity index (χ4v) is 4.87. The number of carbonyl (C=O) groups excluding carboxylic acids is 1. The number of piperidine rings is 1. The van der Waals surface area contributed by atoms with E-state index >= 15 is 0 Å². The smallest absolute Gasteiger partial charge is 0.310 e. The molecule has 142 valence electrons. The molecule has 0 radical (unpaired) electrons. The summed E-state index contributed by atoms with van der Waals surface area (Å²) >= 11 is 0. The molecule has 1 aliphatic carbocycles. The SMILES string of the molecule is CCOC(=O)[C@H]1CCCN(C(=NC)NC2C3CCCOC3C2(C)C)C1. The number of guanidine groups is 1. The Morgan fingerprint density at radius 2 is 2.16 bits per heavy atom. The number of nitrogens with one attached hydrogen (secondary N) is 1. The van der Waals surface area contributed by atoms with Gasteiger partial charge in [0.15, 0.2) is 5.96 Å². The Labute approximate surface area is 151 Å². The topological polar surface area (TPSA) is 63.2 Å². The maximum absolute atomic E-state index is 12.1. The van der Waals surface area contributed by atoms with E-state index in [0.717, 1.165) is 38.4 Å². The summed E-state index contributed by atoms with van der Waals surface area (Å²) in [6, 6.07) is 0.375. The highest BCUT2D eigenvalue weighted by Crippen LogP contribution is 2.51. The van der Waals surface area contributed by atoms with Crippen LogP contribution < -0.4 is 5.32 Å². The number of fused-ring (bicyclic) bond motifs is 1. The summed E-state index contributed by atoms with van der Waals surface area (Å²) in [4.78, 5) is 18.8. The van der Waals surface area contributed by atoms with Crippen molar-refractivity contribution in [3.05, 3.63) is 0 Å². The second kappa shape index (κ2) is 7.52. The standard InChI is InChI=1S/C19H33N3O3/c1-5-24-17(23)13-8-6-10-22(12-13)18(20-4)21-15-14-9-7-11-25-16(14)19(15,2)3/h13-16H,5-12H2,1-4H3,(H,20,21)/t13-,14?,15?,16?/m0/s1. The van der Waals surface area contributed by atoms with E-state index in [4.69, 9.17) is 9.47 Å². The van der Waals surface area contributed by atoms with E-state index in [1.165, 1.54) is 6.42 Å². The molecule has 0 bridgehead atoms. The van der Waals surface area contributed by atoms with Crippen molar-refractivity contribution in [3.8, 4) is 0 Å². The van der Waals surface area contributed by atoms with Gasteiger partial charge in [0.25, 0.3) is 0 Å². The quantitative estimate of drug-likeness (QED) is 0.479. The predicted octanol–water partition coefficient (Wildman–Crippen LogP) is 2.04. The van der Waals surface area contributed by atoms with Gasteiger partial charge < -0.3 is 19.7 Å². The monoisotopic (exact) mass is 351 g/mol. The fraction of sp³-hybridized carbons (Fsp3) is 0.895. The number of carbonyl (C=O) groups is 1. The van der Waals surface area contributed by atoms with Crippen LogP contribution in [0.2, 0.25) is 0 Å². The van der Waals surface area contributed by atoms with Crippen LogP contribution in [0.15, 0.2) is 4.99 Å². The minimum atomic E-state index is -0.0765. The molecule has 3 unspecified atom stereocenters. The second-order valence-electron chi connectivity index (χ2n) is 8.13. The molecule has 0 amide bonds. The maximum atomic E-state index is 12.1. The fourth-order valence-electron chi connectivity index (χ4n) is 4.87. The van der Waals surface area contributed by atoms with Crippen LogP contribution in [-0.4, -0.2) is 62.3 Å². The summed E-state index contributed by atoms with van der Waals surface area (Å²) in [5.74, 6) is 1.35. The number of rotatable bonds is 3. The first-order chi connectivity index (χ1) is 12.0. The average Bonchev–Trinajstić information content (AvgIpc) is 2.62. The van der Waals surface area contributed by atoms with E-state index in [1.807, 2.05) is 14.0 Å². The first kappa shape index (κ1) is 18.5. The van der Waals surface area contributed by atoms with E-state index in [2.05, 4.69) is 29.1 Å².